The Bertz CT molecular complexity index is 864. The van der Waals surface area contributed by atoms with E-state index in [-0.39, 0.29) is 11.2 Å². The highest BCUT2D eigenvalue weighted by atomic mass is 32.2. The predicted octanol–water partition coefficient (Wildman–Crippen LogP) is 4.46. The van der Waals surface area contributed by atoms with E-state index in [0.29, 0.717) is 5.41 Å². The number of fused-ring (bicyclic) bond motifs is 1. The van der Waals surface area contributed by atoms with Gasteiger partial charge in [0.15, 0.2) is 11.0 Å². The average Bonchev–Trinajstić information content (AvgIpc) is 3.15. The minimum atomic E-state index is -0.0673. The largest absolute Gasteiger partial charge is 0.355 e. The molecule has 0 radical (unpaired) electrons. The molecule has 0 bridgehead atoms. The number of rotatable bonds is 3. The van der Waals surface area contributed by atoms with Crippen molar-refractivity contribution in [2.45, 2.75) is 69.7 Å². The molecule has 7 heteroatoms. The van der Waals surface area contributed by atoms with Crippen LogP contribution in [0.2, 0.25) is 0 Å². The minimum Gasteiger partial charge on any atom is -0.355 e. The standard InChI is InChI=1S/C21H30N4OS2/c1-21(2,3)14-8-9-15-13(11-14)12-17(27-15)18-23-24-20(25(18)4)28-16-7-5-6-10-22-19(16)26/h12,14,16H,5-11H2,1-4H3,(H,22,26)/t14-,16+/m0/s1. The monoisotopic (exact) mass is 418 g/mol. The molecule has 1 amide bonds. The van der Waals surface area contributed by atoms with Gasteiger partial charge in [0.05, 0.1) is 10.1 Å². The highest BCUT2D eigenvalue weighted by Gasteiger charge is 2.31. The lowest BCUT2D eigenvalue weighted by Crippen LogP contribution is -2.30. The van der Waals surface area contributed by atoms with Crippen LogP contribution >= 0.6 is 23.1 Å². The summed E-state index contributed by atoms with van der Waals surface area (Å²) in [4.78, 5) is 15.0. The first-order valence-electron chi connectivity index (χ1n) is 10.3. The van der Waals surface area contributed by atoms with Crippen LogP contribution in [0.1, 0.15) is 56.9 Å². The second-order valence-electron chi connectivity index (χ2n) is 9.12. The van der Waals surface area contributed by atoms with Gasteiger partial charge in [-0.15, -0.1) is 21.5 Å². The summed E-state index contributed by atoms with van der Waals surface area (Å²) in [6.07, 6.45) is 6.64. The van der Waals surface area contributed by atoms with E-state index in [1.807, 2.05) is 18.4 Å². The van der Waals surface area contributed by atoms with E-state index in [9.17, 15) is 4.79 Å². The second-order valence-corrected chi connectivity index (χ2v) is 11.4. The number of hydrogen-bond donors (Lipinski definition) is 1. The SMILES string of the molecule is Cn1c(S[C@@H]2CCCCNC2=O)nnc1-c1cc2c(s1)CC[C@H](C(C)(C)C)C2. The Balaban J connectivity index is 1.54. The Morgan fingerprint density at radius 1 is 1.25 bits per heavy atom. The third-order valence-electron chi connectivity index (χ3n) is 6.10. The molecule has 5 nitrogen and oxygen atoms in total. The van der Waals surface area contributed by atoms with Crippen LogP contribution in [0.25, 0.3) is 10.7 Å². The predicted molar refractivity (Wildman–Crippen MR) is 116 cm³/mol. The van der Waals surface area contributed by atoms with E-state index < -0.39 is 0 Å². The molecule has 1 saturated heterocycles. The van der Waals surface area contributed by atoms with Crippen molar-refractivity contribution in [3.8, 4) is 10.7 Å². The van der Waals surface area contributed by atoms with Crippen molar-refractivity contribution < 1.29 is 4.79 Å². The summed E-state index contributed by atoms with van der Waals surface area (Å²) in [6.45, 7) is 7.85. The van der Waals surface area contributed by atoms with Gasteiger partial charge in [-0.25, -0.2) is 0 Å². The van der Waals surface area contributed by atoms with Crippen molar-refractivity contribution in [1.82, 2.24) is 20.1 Å². The van der Waals surface area contributed by atoms with Gasteiger partial charge in [-0.2, -0.15) is 0 Å². The Labute approximate surface area is 175 Å². The Morgan fingerprint density at radius 2 is 2.07 bits per heavy atom. The van der Waals surface area contributed by atoms with Crippen LogP contribution in [0.3, 0.4) is 0 Å². The lowest BCUT2D eigenvalue weighted by Gasteiger charge is -2.33. The first-order chi connectivity index (χ1) is 13.3. The van der Waals surface area contributed by atoms with Gasteiger partial charge in [-0.1, -0.05) is 39.0 Å². The number of aromatic nitrogens is 3. The minimum absolute atomic E-state index is 0.0673. The molecule has 3 heterocycles. The van der Waals surface area contributed by atoms with Gasteiger partial charge in [-0.3, -0.25) is 4.79 Å². The van der Waals surface area contributed by atoms with Crippen molar-refractivity contribution in [3.63, 3.8) is 0 Å². The maximum absolute atomic E-state index is 12.3. The van der Waals surface area contributed by atoms with Crippen molar-refractivity contribution in [1.29, 1.82) is 0 Å². The maximum Gasteiger partial charge on any atom is 0.233 e. The number of thiophene rings is 1. The first kappa shape index (κ1) is 20.0. The van der Waals surface area contributed by atoms with Crippen molar-refractivity contribution in [2.75, 3.05) is 6.54 Å². The summed E-state index contributed by atoms with van der Waals surface area (Å²) in [5, 5.41) is 12.7. The van der Waals surface area contributed by atoms with E-state index >= 15 is 0 Å². The quantitative estimate of drug-likeness (QED) is 0.800. The Morgan fingerprint density at radius 3 is 2.86 bits per heavy atom. The van der Waals surface area contributed by atoms with Crippen LogP contribution in [0, 0.1) is 11.3 Å². The van der Waals surface area contributed by atoms with Gasteiger partial charge in [-0.05, 0) is 55.1 Å². The maximum atomic E-state index is 12.3. The zero-order valence-corrected chi connectivity index (χ0v) is 18.9. The number of nitrogens with one attached hydrogen (secondary N) is 1. The van der Waals surface area contributed by atoms with Gasteiger partial charge in [0.1, 0.15) is 0 Å². The topological polar surface area (TPSA) is 59.8 Å². The first-order valence-corrected chi connectivity index (χ1v) is 12.0. The third-order valence-corrected chi connectivity index (χ3v) is 8.63. The van der Waals surface area contributed by atoms with Gasteiger partial charge < -0.3 is 9.88 Å². The van der Waals surface area contributed by atoms with Crippen molar-refractivity contribution in [2.24, 2.45) is 18.4 Å². The Kier molecular flexibility index (Phi) is 5.58. The number of carbonyl (C=O) groups is 1. The number of amides is 1. The summed E-state index contributed by atoms with van der Waals surface area (Å²) < 4.78 is 2.06. The molecule has 2 aromatic rings. The molecule has 0 unspecified atom stereocenters. The van der Waals surface area contributed by atoms with E-state index in [4.69, 9.17) is 0 Å². The fourth-order valence-corrected chi connectivity index (χ4v) is 6.45. The van der Waals surface area contributed by atoms with Crippen LogP contribution in [0.15, 0.2) is 11.2 Å². The smallest absolute Gasteiger partial charge is 0.233 e. The molecule has 1 fully saturated rings. The number of nitrogens with zero attached hydrogens (tertiary/aromatic N) is 3. The lowest BCUT2D eigenvalue weighted by molar-refractivity contribution is -0.120. The molecule has 0 spiro atoms. The normalized spacial score (nSPS) is 23.2. The fraction of sp³-hybridized carbons (Fsp3) is 0.667. The molecule has 152 valence electrons. The summed E-state index contributed by atoms with van der Waals surface area (Å²) in [7, 11) is 2.02. The average molecular weight is 419 g/mol. The van der Waals surface area contributed by atoms with Crippen molar-refractivity contribution >= 4 is 29.0 Å². The van der Waals surface area contributed by atoms with E-state index in [0.717, 1.165) is 49.1 Å². The van der Waals surface area contributed by atoms with E-state index in [2.05, 4.69) is 46.9 Å². The van der Waals surface area contributed by atoms with Crippen molar-refractivity contribution in [3.05, 3.63) is 16.5 Å². The zero-order valence-electron chi connectivity index (χ0n) is 17.2. The lowest BCUT2D eigenvalue weighted by atomic mass is 9.72. The van der Waals surface area contributed by atoms with Crippen LogP contribution in [0.5, 0.6) is 0 Å². The van der Waals surface area contributed by atoms with Crippen LogP contribution < -0.4 is 5.32 Å². The summed E-state index contributed by atoms with van der Waals surface area (Å²) >= 11 is 3.42. The summed E-state index contributed by atoms with van der Waals surface area (Å²) in [5.41, 5.74) is 1.85. The molecule has 0 aromatic carbocycles. The molecule has 0 saturated carbocycles. The third kappa shape index (κ3) is 4.01. The van der Waals surface area contributed by atoms with Gasteiger partial charge in [0.25, 0.3) is 0 Å². The fourth-order valence-electron chi connectivity index (χ4n) is 4.16. The van der Waals surface area contributed by atoms with E-state index in [1.165, 1.54) is 28.2 Å². The second kappa shape index (κ2) is 7.82. The van der Waals surface area contributed by atoms with Gasteiger partial charge in [0, 0.05) is 18.5 Å². The van der Waals surface area contributed by atoms with Crippen LogP contribution in [-0.4, -0.2) is 32.5 Å². The molecule has 1 N–H and O–H groups in total. The molecular formula is C21H30N4OS2. The molecule has 2 aromatic heterocycles. The number of thioether (sulfide) groups is 1. The number of carbonyl (C=O) groups excluding carboxylic acids is 1. The molecule has 28 heavy (non-hydrogen) atoms. The highest BCUT2D eigenvalue weighted by Crippen LogP contribution is 2.42. The molecule has 2 atom stereocenters. The number of hydrogen-bond acceptors (Lipinski definition) is 5. The van der Waals surface area contributed by atoms with Crippen LogP contribution in [0.4, 0.5) is 0 Å². The molecular weight excluding hydrogens is 388 g/mol. The molecule has 1 aliphatic carbocycles. The summed E-state index contributed by atoms with van der Waals surface area (Å²) in [6, 6.07) is 2.33. The van der Waals surface area contributed by atoms with E-state index in [1.54, 1.807) is 11.8 Å². The summed E-state index contributed by atoms with van der Waals surface area (Å²) in [5.74, 6) is 1.79. The Hall–Kier alpha value is -1.34. The number of aryl methyl sites for hydroxylation is 1. The van der Waals surface area contributed by atoms with Gasteiger partial charge >= 0.3 is 0 Å². The molecule has 4 rings (SSSR count). The zero-order chi connectivity index (χ0) is 19.9. The van der Waals surface area contributed by atoms with Crippen LogP contribution in [-0.2, 0) is 24.7 Å². The molecule has 2 aliphatic rings. The molecule has 1 aliphatic heterocycles. The van der Waals surface area contributed by atoms with Gasteiger partial charge in [0.2, 0.25) is 5.91 Å². The highest BCUT2D eigenvalue weighted by molar-refractivity contribution is 8.00.